The molecular formula is C11H15Cl2NO2. The van der Waals surface area contributed by atoms with Gasteiger partial charge < -0.3 is 9.47 Å². The van der Waals surface area contributed by atoms with Gasteiger partial charge in [-0.2, -0.15) is 0 Å². The molecule has 1 rings (SSSR count). The fraction of sp³-hybridized carbons (Fsp3) is 0.545. The second kappa shape index (κ2) is 6.94. The molecule has 0 saturated heterocycles. The standard InChI is InChI=1S/C11H15Cl2NO2/c1-3-15-7-8(2)16-11-4-9(5-12)10(13)6-14-11/h4,6,8H,3,5,7H2,1-2H3. The zero-order chi connectivity index (χ0) is 12.0. The lowest BCUT2D eigenvalue weighted by Gasteiger charge is -2.14. The average Bonchev–Trinajstić information content (AvgIpc) is 2.29. The highest BCUT2D eigenvalue weighted by molar-refractivity contribution is 6.32. The van der Waals surface area contributed by atoms with Crippen LogP contribution in [0.5, 0.6) is 5.88 Å². The minimum Gasteiger partial charge on any atom is -0.472 e. The maximum atomic E-state index is 5.89. The molecule has 0 saturated carbocycles. The van der Waals surface area contributed by atoms with Crippen molar-refractivity contribution in [2.24, 2.45) is 0 Å². The van der Waals surface area contributed by atoms with Crippen LogP contribution in [0.25, 0.3) is 0 Å². The summed E-state index contributed by atoms with van der Waals surface area (Å²) in [6.45, 7) is 5.08. The van der Waals surface area contributed by atoms with E-state index in [2.05, 4.69) is 4.98 Å². The van der Waals surface area contributed by atoms with Gasteiger partial charge in [0.15, 0.2) is 0 Å². The van der Waals surface area contributed by atoms with Crippen LogP contribution in [0.4, 0.5) is 0 Å². The summed E-state index contributed by atoms with van der Waals surface area (Å²) in [7, 11) is 0. The van der Waals surface area contributed by atoms with Crippen LogP contribution in [-0.2, 0) is 10.6 Å². The van der Waals surface area contributed by atoms with Gasteiger partial charge in [-0.1, -0.05) is 11.6 Å². The van der Waals surface area contributed by atoms with E-state index in [0.717, 1.165) is 5.56 Å². The summed E-state index contributed by atoms with van der Waals surface area (Å²) in [5.41, 5.74) is 0.817. The summed E-state index contributed by atoms with van der Waals surface area (Å²) in [6.07, 6.45) is 1.50. The van der Waals surface area contributed by atoms with Gasteiger partial charge in [-0.3, -0.25) is 0 Å². The number of nitrogens with zero attached hydrogens (tertiary/aromatic N) is 1. The summed E-state index contributed by atoms with van der Waals surface area (Å²) in [5.74, 6) is 0.865. The van der Waals surface area contributed by atoms with Crippen molar-refractivity contribution >= 4 is 23.2 Å². The van der Waals surface area contributed by atoms with E-state index in [9.17, 15) is 0 Å². The first-order valence-electron chi connectivity index (χ1n) is 5.12. The maximum absolute atomic E-state index is 5.89. The lowest BCUT2D eigenvalue weighted by atomic mass is 10.3. The molecule has 0 spiro atoms. The Balaban J connectivity index is 2.59. The van der Waals surface area contributed by atoms with Gasteiger partial charge >= 0.3 is 0 Å². The van der Waals surface area contributed by atoms with Crippen molar-refractivity contribution in [2.45, 2.75) is 25.8 Å². The van der Waals surface area contributed by atoms with Crippen molar-refractivity contribution in [2.75, 3.05) is 13.2 Å². The highest BCUT2D eigenvalue weighted by Crippen LogP contribution is 2.21. The SMILES string of the molecule is CCOCC(C)Oc1cc(CCl)c(Cl)cn1. The second-order valence-electron chi connectivity index (χ2n) is 3.34. The predicted octanol–water partition coefficient (Wildman–Crippen LogP) is 3.28. The first kappa shape index (κ1) is 13.6. The van der Waals surface area contributed by atoms with Gasteiger partial charge in [-0.05, 0) is 19.4 Å². The monoisotopic (exact) mass is 263 g/mol. The van der Waals surface area contributed by atoms with Crippen molar-refractivity contribution in [1.29, 1.82) is 0 Å². The van der Waals surface area contributed by atoms with E-state index >= 15 is 0 Å². The molecule has 1 aromatic rings. The number of hydrogen-bond acceptors (Lipinski definition) is 3. The quantitative estimate of drug-likeness (QED) is 0.739. The van der Waals surface area contributed by atoms with Crippen molar-refractivity contribution in [1.82, 2.24) is 4.98 Å². The zero-order valence-corrected chi connectivity index (χ0v) is 10.9. The fourth-order valence-corrected chi connectivity index (χ4v) is 1.61. The van der Waals surface area contributed by atoms with E-state index in [4.69, 9.17) is 32.7 Å². The molecule has 1 heterocycles. The molecule has 0 aliphatic rings. The van der Waals surface area contributed by atoms with Crippen molar-refractivity contribution in [3.63, 3.8) is 0 Å². The van der Waals surface area contributed by atoms with Crippen LogP contribution in [0.1, 0.15) is 19.4 Å². The van der Waals surface area contributed by atoms with Gasteiger partial charge in [0.1, 0.15) is 6.10 Å². The van der Waals surface area contributed by atoms with E-state index in [1.165, 1.54) is 0 Å². The summed E-state index contributed by atoms with van der Waals surface area (Å²) in [6, 6.07) is 1.75. The molecule has 16 heavy (non-hydrogen) atoms. The molecule has 3 nitrogen and oxygen atoms in total. The molecule has 0 amide bonds. The summed E-state index contributed by atoms with van der Waals surface area (Å²) >= 11 is 11.6. The number of halogens is 2. The Morgan fingerprint density at radius 3 is 2.88 bits per heavy atom. The summed E-state index contributed by atoms with van der Waals surface area (Å²) in [4.78, 5) is 4.07. The highest BCUT2D eigenvalue weighted by atomic mass is 35.5. The molecule has 0 bridgehead atoms. The Hall–Kier alpha value is -0.510. The molecule has 1 atom stereocenters. The van der Waals surface area contributed by atoms with Gasteiger partial charge in [0.25, 0.3) is 0 Å². The number of alkyl halides is 1. The Labute approximate surface area is 106 Å². The van der Waals surface area contributed by atoms with Crippen LogP contribution in [0.2, 0.25) is 5.02 Å². The van der Waals surface area contributed by atoms with Crippen molar-refractivity contribution in [3.8, 4) is 5.88 Å². The number of aromatic nitrogens is 1. The van der Waals surface area contributed by atoms with Crippen LogP contribution >= 0.6 is 23.2 Å². The van der Waals surface area contributed by atoms with E-state index in [1.807, 2.05) is 13.8 Å². The first-order valence-corrected chi connectivity index (χ1v) is 6.03. The van der Waals surface area contributed by atoms with E-state index in [1.54, 1.807) is 12.3 Å². The largest absolute Gasteiger partial charge is 0.472 e. The molecule has 0 aromatic carbocycles. The van der Waals surface area contributed by atoms with E-state index in [0.29, 0.717) is 30.0 Å². The van der Waals surface area contributed by atoms with Crippen LogP contribution in [-0.4, -0.2) is 24.3 Å². The number of rotatable bonds is 6. The van der Waals surface area contributed by atoms with Crippen LogP contribution in [0.15, 0.2) is 12.3 Å². The minimum absolute atomic E-state index is 0.0446. The van der Waals surface area contributed by atoms with E-state index < -0.39 is 0 Å². The molecular weight excluding hydrogens is 249 g/mol. The van der Waals surface area contributed by atoms with Gasteiger partial charge in [-0.15, -0.1) is 11.6 Å². The highest BCUT2D eigenvalue weighted by Gasteiger charge is 2.07. The van der Waals surface area contributed by atoms with Crippen LogP contribution < -0.4 is 4.74 Å². The van der Waals surface area contributed by atoms with E-state index in [-0.39, 0.29) is 6.10 Å². The average molecular weight is 264 g/mol. The number of ether oxygens (including phenoxy) is 2. The molecule has 0 aliphatic carbocycles. The third-order valence-corrected chi connectivity index (χ3v) is 2.56. The smallest absolute Gasteiger partial charge is 0.213 e. The summed E-state index contributed by atoms with van der Waals surface area (Å²) in [5, 5.41) is 0.555. The molecule has 0 aliphatic heterocycles. The van der Waals surface area contributed by atoms with Gasteiger partial charge in [0.05, 0.1) is 11.6 Å². The molecule has 1 unspecified atom stereocenters. The first-order chi connectivity index (χ1) is 7.67. The molecule has 5 heteroatoms. The van der Waals surface area contributed by atoms with Crippen molar-refractivity contribution < 1.29 is 9.47 Å². The Morgan fingerprint density at radius 2 is 2.25 bits per heavy atom. The second-order valence-corrected chi connectivity index (χ2v) is 4.01. The van der Waals surface area contributed by atoms with Gasteiger partial charge in [-0.25, -0.2) is 4.98 Å². The van der Waals surface area contributed by atoms with Crippen molar-refractivity contribution in [3.05, 3.63) is 22.8 Å². The fourth-order valence-electron chi connectivity index (χ4n) is 1.15. The number of pyridine rings is 1. The Morgan fingerprint density at radius 1 is 1.50 bits per heavy atom. The predicted molar refractivity (Wildman–Crippen MR) is 65.4 cm³/mol. The number of hydrogen-bond donors (Lipinski definition) is 0. The van der Waals surface area contributed by atoms with Gasteiger partial charge in [0, 0.05) is 24.8 Å². The molecule has 0 N–H and O–H groups in total. The normalized spacial score (nSPS) is 12.5. The molecule has 0 fully saturated rings. The Bertz CT molecular complexity index is 334. The lowest BCUT2D eigenvalue weighted by Crippen LogP contribution is -2.19. The topological polar surface area (TPSA) is 31.4 Å². The Kier molecular flexibility index (Phi) is 5.88. The molecule has 1 aromatic heterocycles. The lowest BCUT2D eigenvalue weighted by molar-refractivity contribution is 0.0633. The molecule has 0 radical (unpaired) electrons. The summed E-state index contributed by atoms with van der Waals surface area (Å²) < 4.78 is 10.8. The minimum atomic E-state index is -0.0446. The third kappa shape index (κ3) is 4.16. The third-order valence-electron chi connectivity index (χ3n) is 1.93. The molecule has 90 valence electrons. The van der Waals surface area contributed by atoms with Crippen LogP contribution in [0.3, 0.4) is 0 Å². The van der Waals surface area contributed by atoms with Gasteiger partial charge in [0.2, 0.25) is 5.88 Å². The van der Waals surface area contributed by atoms with Crippen LogP contribution in [0, 0.1) is 0 Å². The maximum Gasteiger partial charge on any atom is 0.213 e. The zero-order valence-electron chi connectivity index (χ0n) is 9.37.